The van der Waals surface area contributed by atoms with Crippen LogP contribution in [0.3, 0.4) is 0 Å². The van der Waals surface area contributed by atoms with E-state index in [4.69, 9.17) is 9.47 Å². The van der Waals surface area contributed by atoms with Crippen LogP contribution in [0.25, 0.3) is 0 Å². The summed E-state index contributed by atoms with van der Waals surface area (Å²) in [7, 11) is 1.99. The first-order chi connectivity index (χ1) is 11.8. The number of ether oxygens (including phenoxy) is 2. The molecule has 140 valence electrons. The van der Waals surface area contributed by atoms with Crippen molar-refractivity contribution in [2.75, 3.05) is 39.9 Å². The topological polar surface area (TPSA) is 50.8 Å². The number of rotatable bonds is 6. The number of hydrogen-bond acceptors (Lipinski definition) is 4. The van der Waals surface area contributed by atoms with E-state index in [1.54, 1.807) is 0 Å². The van der Waals surface area contributed by atoms with E-state index in [9.17, 15) is 4.79 Å². The summed E-state index contributed by atoms with van der Waals surface area (Å²) in [5, 5.41) is 3.23. The highest BCUT2D eigenvalue weighted by molar-refractivity contribution is 5.94. The van der Waals surface area contributed by atoms with E-state index < -0.39 is 0 Å². The van der Waals surface area contributed by atoms with Gasteiger partial charge in [-0.2, -0.15) is 0 Å². The van der Waals surface area contributed by atoms with Crippen molar-refractivity contribution in [3.05, 3.63) is 29.8 Å². The molecule has 2 aliphatic heterocycles. The molecule has 0 saturated carbocycles. The van der Waals surface area contributed by atoms with Crippen molar-refractivity contribution in [2.45, 2.75) is 31.8 Å². The fraction of sp³-hybridized carbons (Fsp3) is 0.632. The van der Waals surface area contributed by atoms with E-state index in [1.807, 2.05) is 36.2 Å². The van der Waals surface area contributed by atoms with Gasteiger partial charge in [-0.15, -0.1) is 12.4 Å². The molecule has 0 spiro atoms. The third-order valence-corrected chi connectivity index (χ3v) is 4.94. The summed E-state index contributed by atoms with van der Waals surface area (Å²) in [6, 6.07) is 7.54. The SMILES string of the molecule is CNCC1CCN(C(=O)c2cccc(OCC3CCCO3)c2)CC1.Cl. The zero-order valence-electron chi connectivity index (χ0n) is 14.9. The Labute approximate surface area is 156 Å². The minimum Gasteiger partial charge on any atom is -0.491 e. The van der Waals surface area contributed by atoms with Gasteiger partial charge in [0.25, 0.3) is 5.91 Å². The normalized spacial score (nSPS) is 21.0. The molecule has 6 heteroatoms. The van der Waals surface area contributed by atoms with Gasteiger partial charge in [0.05, 0.1) is 6.10 Å². The van der Waals surface area contributed by atoms with Crippen LogP contribution in [0.2, 0.25) is 0 Å². The van der Waals surface area contributed by atoms with Gasteiger partial charge < -0.3 is 19.7 Å². The van der Waals surface area contributed by atoms with Gasteiger partial charge in [-0.3, -0.25) is 4.79 Å². The van der Waals surface area contributed by atoms with Crippen LogP contribution in [-0.2, 0) is 4.74 Å². The van der Waals surface area contributed by atoms with Crippen molar-refractivity contribution in [3.8, 4) is 5.75 Å². The first kappa shape index (κ1) is 20.0. The number of nitrogens with one attached hydrogen (secondary N) is 1. The molecule has 2 heterocycles. The van der Waals surface area contributed by atoms with E-state index in [0.29, 0.717) is 18.1 Å². The van der Waals surface area contributed by atoms with Gasteiger partial charge in [0.15, 0.2) is 0 Å². The molecule has 1 unspecified atom stereocenters. The number of nitrogens with zero attached hydrogens (tertiary/aromatic N) is 1. The Kier molecular flexibility index (Phi) is 8.00. The van der Waals surface area contributed by atoms with Crippen LogP contribution in [0, 0.1) is 5.92 Å². The molecule has 1 amide bonds. The van der Waals surface area contributed by atoms with Crippen LogP contribution in [0.4, 0.5) is 0 Å². The van der Waals surface area contributed by atoms with Gasteiger partial charge in [-0.1, -0.05) is 6.07 Å². The van der Waals surface area contributed by atoms with E-state index in [-0.39, 0.29) is 24.4 Å². The largest absolute Gasteiger partial charge is 0.491 e. The number of carbonyl (C=O) groups excluding carboxylic acids is 1. The van der Waals surface area contributed by atoms with Crippen molar-refractivity contribution in [1.82, 2.24) is 10.2 Å². The van der Waals surface area contributed by atoms with Crippen molar-refractivity contribution in [3.63, 3.8) is 0 Å². The molecule has 1 aromatic carbocycles. The molecule has 3 rings (SSSR count). The summed E-state index contributed by atoms with van der Waals surface area (Å²) in [4.78, 5) is 14.7. The van der Waals surface area contributed by atoms with E-state index in [0.717, 1.165) is 57.7 Å². The fourth-order valence-corrected chi connectivity index (χ4v) is 3.50. The summed E-state index contributed by atoms with van der Waals surface area (Å²) in [5.41, 5.74) is 0.715. The lowest BCUT2D eigenvalue weighted by Gasteiger charge is -2.32. The number of benzene rings is 1. The third-order valence-electron chi connectivity index (χ3n) is 4.94. The molecular weight excluding hydrogens is 340 g/mol. The number of halogens is 1. The van der Waals surface area contributed by atoms with Gasteiger partial charge in [0.2, 0.25) is 0 Å². The van der Waals surface area contributed by atoms with Crippen LogP contribution in [0.5, 0.6) is 5.75 Å². The molecule has 1 atom stereocenters. The highest BCUT2D eigenvalue weighted by atomic mass is 35.5. The van der Waals surface area contributed by atoms with E-state index in [1.165, 1.54) is 0 Å². The number of carbonyl (C=O) groups is 1. The Morgan fingerprint density at radius 3 is 2.80 bits per heavy atom. The number of piperidine rings is 1. The van der Waals surface area contributed by atoms with Crippen LogP contribution >= 0.6 is 12.4 Å². The lowest BCUT2D eigenvalue weighted by Crippen LogP contribution is -2.40. The Morgan fingerprint density at radius 2 is 2.12 bits per heavy atom. The molecule has 2 saturated heterocycles. The standard InChI is InChI=1S/C19H28N2O3.ClH/c1-20-13-15-7-9-21(10-8-15)19(22)16-4-2-5-17(12-16)24-14-18-6-3-11-23-18;/h2,4-5,12,15,18,20H,3,6-11,13-14H2,1H3;1H. The molecule has 0 radical (unpaired) electrons. The molecule has 25 heavy (non-hydrogen) atoms. The van der Waals surface area contributed by atoms with Gasteiger partial charge in [-0.05, 0) is 63.4 Å². The van der Waals surface area contributed by atoms with Gasteiger partial charge >= 0.3 is 0 Å². The average Bonchev–Trinajstić information content (AvgIpc) is 3.14. The first-order valence-electron chi connectivity index (χ1n) is 9.04. The Balaban J connectivity index is 0.00000225. The molecule has 1 N–H and O–H groups in total. The van der Waals surface area contributed by atoms with Gasteiger partial charge in [-0.25, -0.2) is 0 Å². The van der Waals surface area contributed by atoms with Crippen molar-refractivity contribution in [1.29, 1.82) is 0 Å². The number of amides is 1. The van der Waals surface area contributed by atoms with Crippen LogP contribution in [-0.4, -0.2) is 56.8 Å². The third kappa shape index (κ3) is 5.59. The lowest BCUT2D eigenvalue weighted by atomic mass is 9.96. The zero-order valence-corrected chi connectivity index (χ0v) is 15.7. The number of hydrogen-bond donors (Lipinski definition) is 1. The summed E-state index contributed by atoms with van der Waals surface area (Å²) in [6.07, 6.45) is 4.50. The molecule has 0 aromatic heterocycles. The summed E-state index contributed by atoms with van der Waals surface area (Å²) < 4.78 is 11.4. The molecule has 5 nitrogen and oxygen atoms in total. The average molecular weight is 369 g/mol. The quantitative estimate of drug-likeness (QED) is 0.838. The zero-order chi connectivity index (χ0) is 16.8. The molecule has 1 aromatic rings. The minimum absolute atomic E-state index is 0. The van der Waals surface area contributed by atoms with Crippen LogP contribution in [0.1, 0.15) is 36.0 Å². The smallest absolute Gasteiger partial charge is 0.253 e. The van der Waals surface area contributed by atoms with Crippen molar-refractivity contribution >= 4 is 18.3 Å². The molecule has 2 fully saturated rings. The predicted molar refractivity (Wildman–Crippen MR) is 101 cm³/mol. The maximum atomic E-state index is 12.7. The second-order valence-electron chi connectivity index (χ2n) is 6.77. The van der Waals surface area contributed by atoms with E-state index in [2.05, 4.69) is 5.32 Å². The highest BCUT2D eigenvalue weighted by Crippen LogP contribution is 2.21. The molecule has 0 bridgehead atoms. The van der Waals surface area contributed by atoms with Crippen LogP contribution in [0.15, 0.2) is 24.3 Å². The fourth-order valence-electron chi connectivity index (χ4n) is 3.50. The second kappa shape index (κ2) is 10.00. The van der Waals surface area contributed by atoms with E-state index >= 15 is 0 Å². The second-order valence-corrected chi connectivity index (χ2v) is 6.77. The maximum absolute atomic E-state index is 12.7. The molecular formula is C19H29ClN2O3. The molecule has 2 aliphatic rings. The summed E-state index contributed by atoms with van der Waals surface area (Å²) in [5.74, 6) is 1.54. The Morgan fingerprint density at radius 1 is 1.32 bits per heavy atom. The maximum Gasteiger partial charge on any atom is 0.253 e. The Hall–Kier alpha value is -1.30. The minimum atomic E-state index is 0. The van der Waals surface area contributed by atoms with Gasteiger partial charge in [0.1, 0.15) is 12.4 Å². The van der Waals surface area contributed by atoms with Crippen LogP contribution < -0.4 is 10.1 Å². The summed E-state index contributed by atoms with van der Waals surface area (Å²) >= 11 is 0. The number of likely N-dealkylation sites (tertiary alicyclic amines) is 1. The lowest BCUT2D eigenvalue weighted by molar-refractivity contribution is 0.0670. The first-order valence-corrected chi connectivity index (χ1v) is 9.04. The Bertz CT molecular complexity index is 541. The molecule has 0 aliphatic carbocycles. The summed E-state index contributed by atoms with van der Waals surface area (Å²) in [6.45, 7) is 4.11. The van der Waals surface area contributed by atoms with Crippen molar-refractivity contribution < 1.29 is 14.3 Å². The highest BCUT2D eigenvalue weighted by Gasteiger charge is 2.23. The van der Waals surface area contributed by atoms with Gasteiger partial charge in [0, 0.05) is 25.3 Å². The van der Waals surface area contributed by atoms with Crippen molar-refractivity contribution in [2.24, 2.45) is 5.92 Å². The monoisotopic (exact) mass is 368 g/mol. The predicted octanol–water partition coefficient (Wildman–Crippen LogP) is 2.74.